The predicted molar refractivity (Wildman–Crippen MR) is 132 cm³/mol. The van der Waals surface area contributed by atoms with Gasteiger partial charge in [-0.05, 0) is 31.9 Å². The molecule has 1 fully saturated rings. The van der Waals surface area contributed by atoms with Crippen LogP contribution in [0.3, 0.4) is 0 Å². The molecule has 3 aromatic carbocycles. The fourth-order valence-corrected chi connectivity index (χ4v) is 6.22. The third-order valence-corrected chi connectivity index (χ3v) is 8.05. The highest BCUT2D eigenvalue weighted by atomic mass is 19.4. The average Bonchev–Trinajstić information content (AvgIpc) is 3.52. The first-order chi connectivity index (χ1) is 19.8. The standard InChI is InChI=1S/C29H19F7N2O4/c1-27-8-9-28(42-27,10-11-41-24-22(32)20(30)19(29(34,35)36)21(31)23(24)33)18-17(27)25(39)38(26(18)40)16-7-6-13(12-37)14-4-2-3-5-15(14)16/h2-7,39-40H,8-11H2,1H3/t27-,28-/m0/s1. The number of benzene rings is 3. The molecule has 2 aliphatic heterocycles. The number of rotatable bonds is 5. The maximum Gasteiger partial charge on any atom is 0.422 e. The zero-order chi connectivity index (χ0) is 30.4. The second-order valence-electron chi connectivity index (χ2n) is 10.4. The normalized spacial score (nSPS) is 21.1. The van der Waals surface area contributed by atoms with Crippen LogP contribution < -0.4 is 4.74 Å². The van der Waals surface area contributed by atoms with Crippen LogP contribution in [0.15, 0.2) is 36.4 Å². The van der Waals surface area contributed by atoms with Crippen LogP contribution in [-0.2, 0) is 22.1 Å². The van der Waals surface area contributed by atoms with Gasteiger partial charge in [-0.25, -0.2) is 8.78 Å². The van der Waals surface area contributed by atoms with Crippen LogP contribution in [0.25, 0.3) is 16.5 Å². The summed E-state index contributed by atoms with van der Waals surface area (Å²) in [7, 11) is 0. The van der Waals surface area contributed by atoms with Gasteiger partial charge in [0.05, 0.1) is 40.7 Å². The third kappa shape index (κ3) is 3.67. The van der Waals surface area contributed by atoms with E-state index < -0.39 is 64.4 Å². The van der Waals surface area contributed by atoms with E-state index in [0.29, 0.717) is 28.4 Å². The van der Waals surface area contributed by atoms with Crippen molar-refractivity contribution in [3.8, 4) is 29.3 Å². The Kier molecular flexibility index (Phi) is 5.96. The first-order valence-corrected chi connectivity index (χ1v) is 12.6. The van der Waals surface area contributed by atoms with E-state index in [0.717, 1.165) is 0 Å². The molecule has 2 bridgehead atoms. The van der Waals surface area contributed by atoms with Crippen molar-refractivity contribution in [3.63, 3.8) is 0 Å². The second-order valence-corrected chi connectivity index (χ2v) is 10.4. The van der Waals surface area contributed by atoms with Crippen molar-refractivity contribution >= 4 is 10.8 Å². The molecule has 6 rings (SSSR count). The molecular formula is C29H19F7N2O4. The summed E-state index contributed by atoms with van der Waals surface area (Å²) in [4.78, 5) is 0. The van der Waals surface area contributed by atoms with Gasteiger partial charge >= 0.3 is 6.18 Å². The lowest BCUT2D eigenvalue weighted by Gasteiger charge is -2.26. The first-order valence-electron chi connectivity index (χ1n) is 12.6. The highest BCUT2D eigenvalue weighted by Crippen LogP contribution is 2.65. The van der Waals surface area contributed by atoms with Gasteiger partial charge in [-0.2, -0.15) is 27.2 Å². The Morgan fingerprint density at radius 2 is 1.55 bits per heavy atom. The van der Waals surface area contributed by atoms with E-state index in [1.165, 1.54) is 10.6 Å². The highest BCUT2D eigenvalue weighted by molar-refractivity contribution is 5.95. The lowest BCUT2D eigenvalue weighted by molar-refractivity contribution is -0.143. The van der Waals surface area contributed by atoms with Crippen molar-refractivity contribution in [2.45, 2.75) is 43.6 Å². The number of aromatic hydroxyl groups is 2. The van der Waals surface area contributed by atoms with E-state index in [9.17, 15) is 46.2 Å². The molecule has 0 spiro atoms. The number of aromatic nitrogens is 1. The maximum atomic E-state index is 14.4. The fourth-order valence-electron chi connectivity index (χ4n) is 6.22. The largest absolute Gasteiger partial charge is 0.494 e. The van der Waals surface area contributed by atoms with Gasteiger partial charge in [0.1, 0.15) is 11.2 Å². The zero-order valence-corrected chi connectivity index (χ0v) is 21.5. The van der Waals surface area contributed by atoms with Crippen molar-refractivity contribution in [1.29, 1.82) is 5.26 Å². The van der Waals surface area contributed by atoms with Gasteiger partial charge in [-0.1, -0.05) is 24.3 Å². The van der Waals surface area contributed by atoms with Crippen LogP contribution >= 0.6 is 0 Å². The number of halogens is 7. The number of hydrogen-bond donors (Lipinski definition) is 2. The van der Waals surface area contributed by atoms with Crippen LogP contribution in [0.1, 0.15) is 48.4 Å². The van der Waals surface area contributed by atoms with E-state index >= 15 is 0 Å². The van der Waals surface area contributed by atoms with Crippen LogP contribution in [0.5, 0.6) is 17.5 Å². The molecule has 13 heteroatoms. The number of fused-ring (bicyclic) bond motifs is 6. The molecule has 0 radical (unpaired) electrons. The smallest absolute Gasteiger partial charge is 0.422 e. The molecule has 0 saturated carbocycles. The Morgan fingerprint density at radius 1 is 0.929 bits per heavy atom. The second kappa shape index (κ2) is 9.03. The van der Waals surface area contributed by atoms with Crippen molar-refractivity contribution in [2.24, 2.45) is 0 Å². The minimum atomic E-state index is -5.69. The van der Waals surface area contributed by atoms with E-state index in [-0.39, 0.29) is 29.8 Å². The van der Waals surface area contributed by atoms with Gasteiger partial charge < -0.3 is 19.7 Å². The SMILES string of the molecule is C[C@@]12CC[C@@](CCOc3c(F)c(F)c(C(F)(F)F)c(F)c3F)(O1)c1c2c(O)n(-c2ccc(C#N)c3ccccc23)c1O. The monoisotopic (exact) mass is 592 g/mol. The molecule has 6 nitrogen and oxygen atoms in total. The summed E-state index contributed by atoms with van der Waals surface area (Å²) in [5, 5.41) is 33.4. The summed E-state index contributed by atoms with van der Waals surface area (Å²) in [6.07, 6.45) is -5.37. The molecule has 0 amide bonds. The summed E-state index contributed by atoms with van der Waals surface area (Å²) >= 11 is 0. The Balaban J connectivity index is 1.39. The van der Waals surface area contributed by atoms with Gasteiger partial charge in [0.2, 0.25) is 23.4 Å². The molecule has 3 heterocycles. The lowest BCUT2D eigenvalue weighted by atomic mass is 9.78. The van der Waals surface area contributed by atoms with E-state index in [2.05, 4.69) is 6.07 Å². The molecule has 0 unspecified atom stereocenters. The van der Waals surface area contributed by atoms with Gasteiger partial charge in [-0.3, -0.25) is 4.57 Å². The highest BCUT2D eigenvalue weighted by Gasteiger charge is 2.61. The summed E-state index contributed by atoms with van der Waals surface area (Å²) in [5.74, 6) is -12.4. The molecule has 0 aliphatic carbocycles. The summed E-state index contributed by atoms with van der Waals surface area (Å²) < 4.78 is 108. The molecule has 1 saturated heterocycles. The molecule has 2 N–H and O–H groups in total. The molecule has 2 aliphatic rings. The number of nitrogens with zero attached hydrogens (tertiary/aromatic N) is 2. The van der Waals surface area contributed by atoms with Crippen molar-refractivity contribution in [2.75, 3.05) is 6.61 Å². The van der Waals surface area contributed by atoms with Crippen molar-refractivity contribution < 1.29 is 50.4 Å². The van der Waals surface area contributed by atoms with Crippen molar-refractivity contribution in [3.05, 3.63) is 81.9 Å². The molecule has 218 valence electrons. The van der Waals surface area contributed by atoms with Gasteiger partial charge in [0.15, 0.2) is 17.4 Å². The Bertz CT molecular complexity index is 1820. The Labute approximate surface area is 232 Å². The number of hydrogen-bond acceptors (Lipinski definition) is 5. The van der Waals surface area contributed by atoms with E-state index in [1.807, 2.05) is 0 Å². The molecule has 42 heavy (non-hydrogen) atoms. The number of alkyl halides is 3. The van der Waals surface area contributed by atoms with Crippen LogP contribution in [0.4, 0.5) is 30.7 Å². The van der Waals surface area contributed by atoms with Gasteiger partial charge in [-0.15, -0.1) is 0 Å². The number of nitriles is 1. The molecule has 2 atom stereocenters. The van der Waals surface area contributed by atoms with Gasteiger partial charge in [0, 0.05) is 17.2 Å². The Morgan fingerprint density at radius 3 is 2.17 bits per heavy atom. The van der Waals surface area contributed by atoms with Crippen LogP contribution in [0.2, 0.25) is 0 Å². The first kappa shape index (κ1) is 27.7. The van der Waals surface area contributed by atoms with Gasteiger partial charge in [0.25, 0.3) is 0 Å². The van der Waals surface area contributed by atoms with Crippen LogP contribution in [0, 0.1) is 34.6 Å². The van der Waals surface area contributed by atoms with E-state index in [1.54, 1.807) is 37.3 Å². The van der Waals surface area contributed by atoms with E-state index in [4.69, 9.17) is 9.47 Å². The number of ether oxygens (including phenoxy) is 2. The molecular weight excluding hydrogens is 573 g/mol. The lowest BCUT2D eigenvalue weighted by Crippen LogP contribution is -2.26. The van der Waals surface area contributed by atoms with Crippen molar-refractivity contribution in [1.82, 2.24) is 4.57 Å². The summed E-state index contributed by atoms with van der Waals surface area (Å²) in [6.45, 7) is 0.987. The summed E-state index contributed by atoms with van der Waals surface area (Å²) in [6, 6.07) is 12.0. The third-order valence-electron chi connectivity index (χ3n) is 8.05. The zero-order valence-electron chi connectivity index (χ0n) is 21.5. The fraction of sp³-hybridized carbons (Fsp3) is 0.276. The maximum absolute atomic E-state index is 14.4. The topological polar surface area (TPSA) is 87.6 Å². The minimum absolute atomic E-state index is 0.163. The van der Waals surface area contributed by atoms with Crippen LogP contribution in [-0.4, -0.2) is 21.4 Å². The predicted octanol–water partition coefficient (Wildman–Crippen LogP) is 7.19. The average molecular weight is 592 g/mol. The summed E-state index contributed by atoms with van der Waals surface area (Å²) in [5.41, 5.74) is -4.06. The minimum Gasteiger partial charge on any atom is -0.494 e. The quantitative estimate of drug-likeness (QED) is 0.189. The molecule has 1 aromatic heterocycles. The Hall–Kier alpha value is -4.44. The molecule has 4 aromatic rings.